The first-order chi connectivity index (χ1) is 5.45. The number of allylic oxidation sites excluding steroid dienone is 1. The molecule has 0 N–H and O–H groups in total. The zero-order valence-corrected chi connectivity index (χ0v) is 8.72. The Bertz CT molecular complexity index is 180. The molecule has 0 aliphatic rings. The number of hydrogen-bond acceptors (Lipinski definition) is 2. The SMILES string of the molecule is C/C(=C\CN(C)C)C(=O)C(C)C. The van der Waals surface area contributed by atoms with Crippen molar-refractivity contribution in [3.63, 3.8) is 0 Å². The number of Topliss-reactive ketones (excluding diaryl/α,β-unsaturated/α-hetero) is 1. The minimum absolute atomic E-state index is 0.114. The Morgan fingerprint density at radius 3 is 2.25 bits per heavy atom. The molecule has 2 nitrogen and oxygen atoms in total. The number of rotatable bonds is 4. The van der Waals surface area contributed by atoms with Gasteiger partial charge in [0.2, 0.25) is 0 Å². The van der Waals surface area contributed by atoms with Crippen molar-refractivity contribution in [1.29, 1.82) is 0 Å². The quantitative estimate of drug-likeness (QED) is 0.597. The summed E-state index contributed by atoms with van der Waals surface area (Å²) >= 11 is 0. The molecule has 0 bridgehead atoms. The largest absolute Gasteiger partial charge is 0.306 e. The van der Waals surface area contributed by atoms with Crippen molar-refractivity contribution < 1.29 is 4.79 Å². The molecule has 0 saturated carbocycles. The van der Waals surface area contributed by atoms with Gasteiger partial charge in [0.05, 0.1) is 0 Å². The highest BCUT2D eigenvalue weighted by atomic mass is 16.1. The van der Waals surface area contributed by atoms with E-state index in [4.69, 9.17) is 0 Å². The maximum atomic E-state index is 11.4. The lowest BCUT2D eigenvalue weighted by Gasteiger charge is -2.07. The van der Waals surface area contributed by atoms with E-state index in [9.17, 15) is 4.79 Å². The number of nitrogens with zero attached hydrogens (tertiary/aromatic N) is 1. The van der Waals surface area contributed by atoms with Gasteiger partial charge >= 0.3 is 0 Å². The summed E-state index contributed by atoms with van der Waals surface area (Å²) in [6.07, 6.45) is 1.97. The topological polar surface area (TPSA) is 20.3 Å². The highest BCUT2D eigenvalue weighted by Gasteiger charge is 2.08. The molecular formula is C10H19NO. The summed E-state index contributed by atoms with van der Waals surface area (Å²) in [5.41, 5.74) is 0.874. The number of carbonyl (C=O) groups is 1. The van der Waals surface area contributed by atoms with Crippen LogP contribution in [0.1, 0.15) is 20.8 Å². The number of ketones is 1. The van der Waals surface area contributed by atoms with Gasteiger partial charge < -0.3 is 4.90 Å². The number of carbonyl (C=O) groups excluding carboxylic acids is 1. The van der Waals surface area contributed by atoms with Crippen LogP contribution in [0.2, 0.25) is 0 Å². The first-order valence-corrected chi connectivity index (χ1v) is 4.31. The van der Waals surface area contributed by atoms with Gasteiger partial charge in [0.1, 0.15) is 0 Å². The molecule has 70 valence electrons. The van der Waals surface area contributed by atoms with E-state index in [1.54, 1.807) is 0 Å². The van der Waals surface area contributed by atoms with Crippen molar-refractivity contribution in [2.75, 3.05) is 20.6 Å². The zero-order chi connectivity index (χ0) is 9.72. The molecule has 0 aliphatic heterocycles. The minimum atomic E-state index is 0.114. The summed E-state index contributed by atoms with van der Waals surface area (Å²) in [4.78, 5) is 13.4. The van der Waals surface area contributed by atoms with Crippen molar-refractivity contribution in [3.8, 4) is 0 Å². The van der Waals surface area contributed by atoms with Crippen molar-refractivity contribution >= 4 is 5.78 Å². The Kier molecular flexibility index (Phi) is 4.83. The second kappa shape index (κ2) is 5.09. The molecule has 0 rings (SSSR count). The van der Waals surface area contributed by atoms with Gasteiger partial charge in [-0.1, -0.05) is 19.9 Å². The molecule has 0 spiro atoms. The number of hydrogen-bond donors (Lipinski definition) is 0. The summed E-state index contributed by atoms with van der Waals surface area (Å²) < 4.78 is 0. The Morgan fingerprint density at radius 1 is 1.42 bits per heavy atom. The van der Waals surface area contributed by atoms with E-state index in [1.165, 1.54) is 0 Å². The summed E-state index contributed by atoms with van der Waals surface area (Å²) in [5.74, 6) is 0.361. The molecule has 0 fully saturated rings. The predicted octanol–water partition coefficient (Wildman–Crippen LogP) is 1.72. The van der Waals surface area contributed by atoms with E-state index >= 15 is 0 Å². The molecule has 2 heteroatoms. The van der Waals surface area contributed by atoms with Crippen LogP contribution in [0.15, 0.2) is 11.6 Å². The van der Waals surface area contributed by atoms with Crippen LogP contribution in [-0.4, -0.2) is 31.3 Å². The fraction of sp³-hybridized carbons (Fsp3) is 0.700. The van der Waals surface area contributed by atoms with E-state index in [1.807, 2.05) is 45.8 Å². The molecule has 0 aliphatic carbocycles. The monoisotopic (exact) mass is 169 g/mol. The summed E-state index contributed by atoms with van der Waals surface area (Å²) in [6.45, 7) is 6.57. The third-order valence-corrected chi connectivity index (χ3v) is 1.68. The molecule has 0 amide bonds. The van der Waals surface area contributed by atoms with Crippen LogP contribution >= 0.6 is 0 Å². The Balaban J connectivity index is 4.09. The van der Waals surface area contributed by atoms with Gasteiger partial charge in [-0.2, -0.15) is 0 Å². The van der Waals surface area contributed by atoms with Gasteiger partial charge in [0.25, 0.3) is 0 Å². The first-order valence-electron chi connectivity index (χ1n) is 4.31. The third-order valence-electron chi connectivity index (χ3n) is 1.68. The molecule has 0 aromatic heterocycles. The molecule has 0 aromatic carbocycles. The highest BCUT2D eigenvalue weighted by Crippen LogP contribution is 2.04. The molecule has 0 saturated heterocycles. The minimum Gasteiger partial charge on any atom is -0.306 e. The fourth-order valence-electron chi connectivity index (χ4n) is 0.875. The molecule has 0 heterocycles. The van der Waals surface area contributed by atoms with Crippen molar-refractivity contribution in [1.82, 2.24) is 4.90 Å². The molecule has 12 heavy (non-hydrogen) atoms. The van der Waals surface area contributed by atoms with Crippen LogP contribution in [0.4, 0.5) is 0 Å². The lowest BCUT2D eigenvalue weighted by atomic mass is 10.0. The molecular weight excluding hydrogens is 150 g/mol. The van der Waals surface area contributed by atoms with Crippen LogP contribution in [0.5, 0.6) is 0 Å². The van der Waals surface area contributed by atoms with Gasteiger partial charge in [0.15, 0.2) is 5.78 Å². The maximum Gasteiger partial charge on any atom is 0.160 e. The Hall–Kier alpha value is -0.630. The highest BCUT2D eigenvalue weighted by molar-refractivity contribution is 5.96. The van der Waals surface area contributed by atoms with Gasteiger partial charge in [-0.25, -0.2) is 0 Å². The lowest BCUT2D eigenvalue weighted by molar-refractivity contribution is -0.118. The van der Waals surface area contributed by atoms with Gasteiger partial charge in [-0.05, 0) is 26.6 Å². The molecule has 0 aromatic rings. The number of likely N-dealkylation sites (N-methyl/N-ethyl adjacent to an activating group) is 1. The van der Waals surface area contributed by atoms with Gasteiger partial charge in [0, 0.05) is 12.5 Å². The average molecular weight is 169 g/mol. The van der Waals surface area contributed by atoms with E-state index < -0.39 is 0 Å². The smallest absolute Gasteiger partial charge is 0.160 e. The van der Waals surface area contributed by atoms with Crippen molar-refractivity contribution in [2.45, 2.75) is 20.8 Å². The summed E-state index contributed by atoms with van der Waals surface area (Å²) in [6, 6.07) is 0. The second-order valence-electron chi connectivity index (χ2n) is 3.67. The van der Waals surface area contributed by atoms with Crippen LogP contribution in [0, 0.1) is 5.92 Å². The van der Waals surface area contributed by atoms with E-state index in [-0.39, 0.29) is 11.7 Å². The van der Waals surface area contributed by atoms with E-state index in [0.29, 0.717) is 0 Å². The van der Waals surface area contributed by atoms with Crippen LogP contribution in [0.25, 0.3) is 0 Å². The van der Waals surface area contributed by atoms with Crippen molar-refractivity contribution in [3.05, 3.63) is 11.6 Å². The molecule has 0 atom stereocenters. The Morgan fingerprint density at radius 2 is 1.92 bits per heavy atom. The Labute approximate surface area is 75.3 Å². The normalized spacial score (nSPS) is 12.8. The summed E-state index contributed by atoms with van der Waals surface area (Å²) in [7, 11) is 3.98. The summed E-state index contributed by atoms with van der Waals surface area (Å²) in [5, 5.41) is 0. The third kappa shape index (κ3) is 4.29. The maximum absolute atomic E-state index is 11.4. The average Bonchev–Trinajstić information content (AvgIpc) is 1.98. The second-order valence-corrected chi connectivity index (χ2v) is 3.67. The van der Waals surface area contributed by atoms with Crippen LogP contribution in [0.3, 0.4) is 0 Å². The standard InChI is InChI=1S/C10H19NO/c1-8(2)10(12)9(3)6-7-11(4)5/h6,8H,7H2,1-5H3/b9-6+. The zero-order valence-electron chi connectivity index (χ0n) is 8.72. The van der Waals surface area contributed by atoms with Crippen molar-refractivity contribution in [2.24, 2.45) is 5.92 Å². The lowest BCUT2D eigenvalue weighted by Crippen LogP contribution is -2.14. The van der Waals surface area contributed by atoms with E-state index in [2.05, 4.69) is 0 Å². The molecule has 0 radical (unpaired) electrons. The van der Waals surface area contributed by atoms with Crippen LogP contribution < -0.4 is 0 Å². The fourth-order valence-corrected chi connectivity index (χ4v) is 0.875. The van der Waals surface area contributed by atoms with E-state index in [0.717, 1.165) is 12.1 Å². The molecule has 0 unspecified atom stereocenters. The van der Waals surface area contributed by atoms with Gasteiger partial charge in [-0.3, -0.25) is 4.79 Å². The van der Waals surface area contributed by atoms with Gasteiger partial charge in [-0.15, -0.1) is 0 Å². The predicted molar refractivity (Wildman–Crippen MR) is 52.2 cm³/mol. The first kappa shape index (κ1) is 11.4. The van der Waals surface area contributed by atoms with Crippen LogP contribution in [-0.2, 0) is 4.79 Å².